The van der Waals surface area contributed by atoms with Crippen LogP contribution in [0.3, 0.4) is 0 Å². The van der Waals surface area contributed by atoms with E-state index in [0.29, 0.717) is 12.0 Å². The summed E-state index contributed by atoms with van der Waals surface area (Å²) in [6, 6.07) is 4.74. The van der Waals surface area contributed by atoms with E-state index in [1.807, 2.05) is 0 Å². The van der Waals surface area contributed by atoms with Crippen LogP contribution in [-0.2, 0) is 6.54 Å². The van der Waals surface area contributed by atoms with E-state index in [9.17, 15) is 5.11 Å². The normalized spacial score (nSPS) is 19.9. The lowest BCUT2D eigenvalue weighted by Crippen LogP contribution is -2.53. The predicted octanol–water partition coefficient (Wildman–Crippen LogP) is 2.84. The first-order valence-corrected chi connectivity index (χ1v) is 9.16. The highest BCUT2D eigenvalue weighted by Gasteiger charge is 2.27. The Bertz CT molecular complexity index is 531. The molecule has 1 atom stereocenters. The number of rotatable bonds is 7. The molecule has 4 heteroatoms. The molecule has 4 nitrogen and oxygen atoms in total. The van der Waals surface area contributed by atoms with Crippen molar-refractivity contribution in [2.45, 2.75) is 46.7 Å². The fourth-order valence-corrected chi connectivity index (χ4v) is 3.72. The number of hydrogen-bond acceptors (Lipinski definition) is 4. The average Bonchev–Trinajstić information content (AvgIpc) is 2.54. The topological polar surface area (TPSA) is 35.9 Å². The molecular formula is C20H34N2O2. The molecule has 136 valence electrons. The van der Waals surface area contributed by atoms with E-state index in [2.05, 4.69) is 49.6 Å². The molecule has 2 rings (SSSR count). The lowest BCUT2D eigenvalue weighted by Gasteiger charge is -2.42. The molecule has 0 aromatic heterocycles. The van der Waals surface area contributed by atoms with Crippen molar-refractivity contribution in [1.29, 1.82) is 0 Å². The fraction of sp³-hybridized carbons (Fsp3) is 0.700. The van der Waals surface area contributed by atoms with Crippen molar-refractivity contribution >= 4 is 0 Å². The lowest BCUT2D eigenvalue weighted by molar-refractivity contribution is 0.0476. The third kappa shape index (κ3) is 4.71. The summed E-state index contributed by atoms with van der Waals surface area (Å²) < 4.78 is 5.42. The van der Waals surface area contributed by atoms with Crippen LogP contribution in [0.15, 0.2) is 12.1 Å². The number of piperazine rings is 1. The molecule has 1 aliphatic heterocycles. The summed E-state index contributed by atoms with van der Waals surface area (Å²) in [5.74, 6) is 1.64. The minimum Gasteiger partial charge on any atom is -0.496 e. The lowest BCUT2D eigenvalue weighted by atomic mass is 10.0. The SMILES string of the molecule is COc1ccc(CN2CCN(CC(C)C)[C@@H](CCO)C2)c(C)c1C. The van der Waals surface area contributed by atoms with Crippen molar-refractivity contribution in [3.63, 3.8) is 0 Å². The maximum atomic E-state index is 9.43. The van der Waals surface area contributed by atoms with Crippen molar-refractivity contribution in [1.82, 2.24) is 9.80 Å². The number of ether oxygens (including phenoxy) is 1. The van der Waals surface area contributed by atoms with Crippen LogP contribution in [0.5, 0.6) is 5.75 Å². The molecule has 1 aromatic rings. The molecule has 1 N–H and O–H groups in total. The number of aliphatic hydroxyl groups is 1. The van der Waals surface area contributed by atoms with Gasteiger partial charge in [0.25, 0.3) is 0 Å². The van der Waals surface area contributed by atoms with Crippen LogP contribution in [0.25, 0.3) is 0 Å². The van der Waals surface area contributed by atoms with Crippen molar-refractivity contribution in [2.75, 3.05) is 39.9 Å². The summed E-state index contributed by atoms with van der Waals surface area (Å²) >= 11 is 0. The van der Waals surface area contributed by atoms with Crippen molar-refractivity contribution in [3.05, 3.63) is 28.8 Å². The minimum atomic E-state index is 0.272. The highest BCUT2D eigenvalue weighted by Crippen LogP contribution is 2.26. The minimum absolute atomic E-state index is 0.272. The number of methoxy groups -OCH3 is 1. The highest BCUT2D eigenvalue weighted by molar-refractivity contribution is 5.43. The second-order valence-corrected chi connectivity index (χ2v) is 7.47. The van der Waals surface area contributed by atoms with Gasteiger partial charge in [0.15, 0.2) is 0 Å². The molecule has 0 saturated carbocycles. The summed E-state index contributed by atoms with van der Waals surface area (Å²) in [6.07, 6.45) is 0.865. The molecule has 0 amide bonds. The summed E-state index contributed by atoms with van der Waals surface area (Å²) in [7, 11) is 1.73. The quantitative estimate of drug-likeness (QED) is 0.832. The Morgan fingerprint density at radius 3 is 2.58 bits per heavy atom. The molecule has 1 saturated heterocycles. The smallest absolute Gasteiger partial charge is 0.122 e. The van der Waals surface area contributed by atoms with E-state index in [-0.39, 0.29) is 6.61 Å². The third-order valence-electron chi connectivity index (χ3n) is 5.21. The van der Waals surface area contributed by atoms with Gasteiger partial charge in [-0.05, 0) is 48.9 Å². The van der Waals surface area contributed by atoms with Gasteiger partial charge in [0, 0.05) is 45.4 Å². The number of benzene rings is 1. The Morgan fingerprint density at radius 1 is 1.21 bits per heavy atom. The number of aliphatic hydroxyl groups excluding tert-OH is 1. The van der Waals surface area contributed by atoms with E-state index in [4.69, 9.17) is 4.74 Å². The molecule has 0 spiro atoms. The fourth-order valence-electron chi connectivity index (χ4n) is 3.72. The van der Waals surface area contributed by atoms with Gasteiger partial charge in [-0.2, -0.15) is 0 Å². The van der Waals surface area contributed by atoms with Crippen LogP contribution in [-0.4, -0.2) is 60.8 Å². The van der Waals surface area contributed by atoms with Crippen molar-refractivity contribution in [2.24, 2.45) is 5.92 Å². The Kier molecular flexibility index (Phi) is 7.08. The second-order valence-electron chi connectivity index (χ2n) is 7.47. The van der Waals surface area contributed by atoms with Gasteiger partial charge in [0.05, 0.1) is 7.11 Å². The molecule has 24 heavy (non-hydrogen) atoms. The molecule has 0 unspecified atom stereocenters. The first-order chi connectivity index (χ1) is 11.5. The Balaban J connectivity index is 2.05. The largest absolute Gasteiger partial charge is 0.496 e. The Morgan fingerprint density at radius 2 is 1.96 bits per heavy atom. The van der Waals surface area contributed by atoms with Crippen LogP contribution in [0.4, 0.5) is 0 Å². The summed E-state index contributed by atoms with van der Waals surface area (Å²) in [5, 5.41) is 9.43. The van der Waals surface area contributed by atoms with Gasteiger partial charge in [-0.1, -0.05) is 19.9 Å². The molecule has 1 aliphatic rings. The van der Waals surface area contributed by atoms with E-state index < -0.39 is 0 Å². The Hall–Kier alpha value is -1.10. The van der Waals surface area contributed by atoms with Crippen molar-refractivity contribution in [3.8, 4) is 5.75 Å². The van der Waals surface area contributed by atoms with Gasteiger partial charge >= 0.3 is 0 Å². The average molecular weight is 335 g/mol. The molecule has 0 aliphatic carbocycles. The van der Waals surface area contributed by atoms with Gasteiger partial charge < -0.3 is 9.84 Å². The van der Waals surface area contributed by atoms with Crippen molar-refractivity contribution < 1.29 is 9.84 Å². The zero-order valence-electron chi connectivity index (χ0n) is 16.0. The van der Waals surface area contributed by atoms with E-state index in [1.165, 1.54) is 16.7 Å². The number of nitrogens with zero attached hydrogens (tertiary/aromatic N) is 2. The number of hydrogen-bond donors (Lipinski definition) is 1. The molecule has 0 bridgehead atoms. The van der Waals surface area contributed by atoms with Gasteiger partial charge in [0.2, 0.25) is 0 Å². The highest BCUT2D eigenvalue weighted by atomic mass is 16.5. The molecule has 1 aromatic carbocycles. The van der Waals surface area contributed by atoms with Crippen LogP contribution in [0.1, 0.15) is 37.0 Å². The zero-order chi connectivity index (χ0) is 17.7. The van der Waals surface area contributed by atoms with Crippen LogP contribution in [0, 0.1) is 19.8 Å². The van der Waals surface area contributed by atoms with Crippen LogP contribution >= 0.6 is 0 Å². The molecule has 1 fully saturated rings. The maximum absolute atomic E-state index is 9.43. The van der Waals surface area contributed by atoms with E-state index in [0.717, 1.165) is 44.9 Å². The van der Waals surface area contributed by atoms with Gasteiger partial charge in [-0.15, -0.1) is 0 Å². The van der Waals surface area contributed by atoms with E-state index >= 15 is 0 Å². The third-order valence-corrected chi connectivity index (χ3v) is 5.21. The van der Waals surface area contributed by atoms with Gasteiger partial charge in [-0.3, -0.25) is 9.80 Å². The van der Waals surface area contributed by atoms with Crippen LogP contribution < -0.4 is 4.74 Å². The first kappa shape index (κ1) is 19.2. The Labute approximate surface area is 147 Å². The maximum Gasteiger partial charge on any atom is 0.122 e. The first-order valence-electron chi connectivity index (χ1n) is 9.16. The standard InChI is InChI=1S/C20H34N2O2/c1-15(2)12-22-10-9-21(14-19(22)8-11-23)13-18-6-7-20(24-5)17(4)16(18)3/h6-7,15,19,23H,8-14H2,1-5H3/t19-/m0/s1. The second kappa shape index (κ2) is 8.84. The predicted molar refractivity (Wildman–Crippen MR) is 99.6 cm³/mol. The summed E-state index contributed by atoms with van der Waals surface area (Å²) in [6.45, 7) is 14.5. The zero-order valence-corrected chi connectivity index (χ0v) is 16.0. The summed E-state index contributed by atoms with van der Waals surface area (Å²) in [4.78, 5) is 5.09. The molecule has 0 radical (unpaired) electrons. The summed E-state index contributed by atoms with van der Waals surface area (Å²) in [5.41, 5.74) is 3.95. The van der Waals surface area contributed by atoms with E-state index in [1.54, 1.807) is 7.11 Å². The van der Waals surface area contributed by atoms with Gasteiger partial charge in [-0.25, -0.2) is 0 Å². The van der Waals surface area contributed by atoms with Crippen LogP contribution in [0.2, 0.25) is 0 Å². The molecular weight excluding hydrogens is 300 g/mol. The molecule has 1 heterocycles. The monoisotopic (exact) mass is 334 g/mol. The van der Waals surface area contributed by atoms with Gasteiger partial charge in [0.1, 0.15) is 5.75 Å².